The van der Waals surface area contributed by atoms with Crippen molar-refractivity contribution in [2.45, 2.75) is 6.92 Å². The molecule has 2 aromatic carbocycles. The van der Waals surface area contributed by atoms with Crippen molar-refractivity contribution in [3.8, 4) is 5.75 Å². The van der Waals surface area contributed by atoms with Crippen LogP contribution in [0, 0.1) is 6.92 Å². The van der Waals surface area contributed by atoms with Gasteiger partial charge in [-0.25, -0.2) is 0 Å². The highest BCUT2D eigenvalue weighted by Crippen LogP contribution is 2.24. The van der Waals surface area contributed by atoms with Crippen molar-refractivity contribution in [3.05, 3.63) is 70.0 Å². The molecule has 0 atom stereocenters. The second-order valence-corrected chi connectivity index (χ2v) is 7.88. The molecule has 0 bridgehead atoms. The smallest absolute Gasteiger partial charge is 0.265 e. The van der Waals surface area contributed by atoms with Gasteiger partial charge in [-0.3, -0.25) is 14.3 Å². The maximum absolute atomic E-state index is 12.6. The van der Waals surface area contributed by atoms with Crippen LogP contribution in [0.25, 0.3) is 10.9 Å². The number of nitrogens with zero attached hydrogens (tertiary/aromatic N) is 2. The molecule has 0 saturated heterocycles. The van der Waals surface area contributed by atoms with Crippen LogP contribution in [0.5, 0.6) is 5.75 Å². The molecular formula is C22H20N4O3S. The molecule has 0 unspecified atom stereocenters. The number of carbonyl (C=O) groups is 2. The lowest BCUT2D eigenvalue weighted by Gasteiger charge is -2.09. The van der Waals surface area contributed by atoms with Crippen LogP contribution in [0.3, 0.4) is 0 Å². The van der Waals surface area contributed by atoms with Crippen molar-refractivity contribution >= 4 is 45.4 Å². The Morgan fingerprint density at radius 3 is 2.43 bits per heavy atom. The fourth-order valence-electron chi connectivity index (χ4n) is 3.10. The van der Waals surface area contributed by atoms with Gasteiger partial charge in [-0.1, -0.05) is 0 Å². The Morgan fingerprint density at radius 1 is 1.00 bits per heavy atom. The molecule has 30 heavy (non-hydrogen) atoms. The summed E-state index contributed by atoms with van der Waals surface area (Å²) in [5.41, 5.74) is 3.25. The molecule has 0 radical (unpaired) electrons. The zero-order valence-corrected chi connectivity index (χ0v) is 17.5. The summed E-state index contributed by atoms with van der Waals surface area (Å²) >= 11 is 1.14. The monoisotopic (exact) mass is 420 g/mol. The molecule has 0 spiro atoms. The Labute approximate surface area is 177 Å². The molecule has 2 aromatic heterocycles. The number of nitrogens with one attached hydrogen (secondary N) is 2. The molecular weight excluding hydrogens is 400 g/mol. The zero-order valence-electron chi connectivity index (χ0n) is 16.7. The molecule has 0 saturated carbocycles. The van der Waals surface area contributed by atoms with E-state index in [1.165, 1.54) is 0 Å². The molecule has 8 heteroatoms. The standard InChI is InChI=1S/C22H20N4O3S/c1-13-10-16(29-3)5-6-17(13)25-22(28)20-9-8-19(30-20)21(27)24-15-4-7-18-14(11-15)12-23-26(18)2/h4-12H,1-3H3,(H,24,27)(H,25,28). The molecule has 152 valence electrons. The molecule has 4 rings (SSSR count). The molecule has 2 amide bonds. The predicted octanol–water partition coefficient (Wildman–Crippen LogP) is 4.46. The topological polar surface area (TPSA) is 85.2 Å². The Hall–Kier alpha value is -3.65. The van der Waals surface area contributed by atoms with Crippen LogP contribution in [-0.4, -0.2) is 28.7 Å². The lowest BCUT2D eigenvalue weighted by Crippen LogP contribution is -2.11. The van der Waals surface area contributed by atoms with E-state index in [0.29, 0.717) is 21.1 Å². The molecule has 0 fully saturated rings. The first-order chi connectivity index (χ1) is 14.4. The van der Waals surface area contributed by atoms with E-state index in [0.717, 1.165) is 33.6 Å². The third kappa shape index (κ3) is 3.90. The Balaban J connectivity index is 1.45. The minimum Gasteiger partial charge on any atom is -0.497 e. The van der Waals surface area contributed by atoms with E-state index < -0.39 is 0 Å². The number of benzene rings is 2. The molecule has 2 heterocycles. The van der Waals surface area contributed by atoms with Crippen LogP contribution in [0.15, 0.2) is 54.7 Å². The Kier molecular flexibility index (Phi) is 5.24. The van der Waals surface area contributed by atoms with Gasteiger partial charge in [-0.05, 0) is 61.0 Å². The van der Waals surface area contributed by atoms with Gasteiger partial charge in [0.1, 0.15) is 5.75 Å². The van der Waals surface area contributed by atoms with Gasteiger partial charge < -0.3 is 15.4 Å². The van der Waals surface area contributed by atoms with Crippen LogP contribution in [0.2, 0.25) is 0 Å². The molecule has 0 aliphatic rings. The van der Waals surface area contributed by atoms with E-state index >= 15 is 0 Å². The largest absolute Gasteiger partial charge is 0.497 e. The fraction of sp³-hybridized carbons (Fsp3) is 0.136. The van der Waals surface area contributed by atoms with E-state index in [9.17, 15) is 9.59 Å². The highest BCUT2D eigenvalue weighted by Gasteiger charge is 2.15. The summed E-state index contributed by atoms with van der Waals surface area (Å²) in [5, 5.41) is 10.9. The minimum absolute atomic E-state index is 0.260. The number of amides is 2. The summed E-state index contributed by atoms with van der Waals surface area (Å²) in [5.74, 6) is 0.206. The number of fused-ring (bicyclic) bond motifs is 1. The van der Waals surface area contributed by atoms with Gasteiger partial charge in [0.15, 0.2) is 0 Å². The number of ether oxygens (including phenoxy) is 1. The average molecular weight is 420 g/mol. The quantitative estimate of drug-likeness (QED) is 0.499. The average Bonchev–Trinajstić information content (AvgIpc) is 3.37. The molecule has 4 aromatic rings. The summed E-state index contributed by atoms with van der Waals surface area (Å²) in [6.45, 7) is 1.89. The summed E-state index contributed by atoms with van der Waals surface area (Å²) in [6.07, 6.45) is 1.75. The van der Waals surface area contributed by atoms with Crippen molar-refractivity contribution in [3.63, 3.8) is 0 Å². The number of aromatic nitrogens is 2. The number of hydrogen-bond acceptors (Lipinski definition) is 5. The van der Waals surface area contributed by atoms with Crippen LogP contribution < -0.4 is 15.4 Å². The number of methoxy groups -OCH3 is 1. The van der Waals surface area contributed by atoms with Crippen molar-refractivity contribution in [1.29, 1.82) is 0 Å². The number of carbonyl (C=O) groups excluding carboxylic acids is 2. The van der Waals surface area contributed by atoms with Crippen LogP contribution in [0.4, 0.5) is 11.4 Å². The third-order valence-electron chi connectivity index (χ3n) is 4.74. The second-order valence-electron chi connectivity index (χ2n) is 6.79. The maximum atomic E-state index is 12.6. The lowest BCUT2D eigenvalue weighted by molar-refractivity contribution is 0.102. The first-order valence-corrected chi connectivity index (χ1v) is 10.0. The van der Waals surface area contributed by atoms with Crippen molar-refractivity contribution in [2.24, 2.45) is 7.05 Å². The van der Waals surface area contributed by atoms with Gasteiger partial charge >= 0.3 is 0 Å². The molecule has 0 aliphatic heterocycles. The lowest BCUT2D eigenvalue weighted by atomic mass is 10.2. The molecule has 2 N–H and O–H groups in total. The number of aryl methyl sites for hydroxylation is 2. The SMILES string of the molecule is COc1ccc(NC(=O)c2ccc(C(=O)Nc3ccc4c(cnn4C)c3)s2)c(C)c1. The summed E-state index contributed by atoms with van der Waals surface area (Å²) in [7, 11) is 3.46. The first kappa shape index (κ1) is 19.7. The normalized spacial score (nSPS) is 10.8. The van der Waals surface area contributed by atoms with E-state index in [2.05, 4.69) is 15.7 Å². The maximum Gasteiger partial charge on any atom is 0.265 e. The van der Waals surface area contributed by atoms with Crippen molar-refractivity contribution in [1.82, 2.24) is 9.78 Å². The van der Waals surface area contributed by atoms with Gasteiger partial charge in [-0.2, -0.15) is 5.10 Å². The van der Waals surface area contributed by atoms with E-state index in [-0.39, 0.29) is 11.8 Å². The number of rotatable bonds is 5. The Bertz CT molecular complexity index is 1260. The summed E-state index contributed by atoms with van der Waals surface area (Å²) in [6, 6.07) is 14.3. The number of thiophene rings is 1. The van der Waals surface area contributed by atoms with Gasteiger partial charge in [0.2, 0.25) is 0 Å². The predicted molar refractivity (Wildman–Crippen MR) is 119 cm³/mol. The van der Waals surface area contributed by atoms with E-state index in [1.807, 2.05) is 38.2 Å². The van der Waals surface area contributed by atoms with Crippen molar-refractivity contribution in [2.75, 3.05) is 17.7 Å². The second kappa shape index (κ2) is 8.00. The first-order valence-electron chi connectivity index (χ1n) is 9.23. The van der Waals surface area contributed by atoms with Gasteiger partial charge in [0.25, 0.3) is 11.8 Å². The van der Waals surface area contributed by atoms with Crippen LogP contribution in [0.1, 0.15) is 24.9 Å². The molecule has 0 aliphatic carbocycles. The molecule has 7 nitrogen and oxygen atoms in total. The number of anilines is 2. The summed E-state index contributed by atoms with van der Waals surface area (Å²) in [4.78, 5) is 26.1. The fourth-order valence-corrected chi connectivity index (χ4v) is 3.90. The van der Waals surface area contributed by atoms with E-state index in [4.69, 9.17) is 4.74 Å². The third-order valence-corrected chi connectivity index (χ3v) is 5.82. The van der Waals surface area contributed by atoms with E-state index in [1.54, 1.807) is 42.3 Å². The summed E-state index contributed by atoms with van der Waals surface area (Å²) < 4.78 is 6.96. The highest BCUT2D eigenvalue weighted by molar-refractivity contribution is 7.16. The van der Waals surface area contributed by atoms with Gasteiger partial charge in [-0.15, -0.1) is 11.3 Å². The van der Waals surface area contributed by atoms with Crippen molar-refractivity contribution < 1.29 is 14.3 Å². The van der Waals surface area contributed by atoms with Gasteiger partial charge in [0, 0.05) is 23.8 Å². The Morgan fingerprint density at radius 2 is 1.73 bits per heavy atom. The highest BCUT2D eigenvalue weighted by atomic mass is 32.1. The van der Waals surface area contributed by atoms with Gasteiger partial charge in [0.05, 0.1) is 28.6 Å². The van der Waals surface area contributed by atoms with Crippen LogP contribution >= 0.6 is 11.3 Å². The zero-order chi connectivity index (χ0) is 21.3. The minimum atomic E-state index is -0.261. The number of hydrogen-bond donors (Lipinski definition) is 2. The van der Waals surface area contributed by atoms with Crippen LogP contribution in [-0.2, 0) is 7.05 Å².